The van der Waals surface area contributed by atoms with Gasteiger partial charge in [0.05, 0.1) is 0 Å². The van der Waals surface area contributed by atoms with Gasteiger partial charge in [0.1, 0.15) is 5.56 Å². The number of piperazine rings is 1. The van der Waals surface area contributed by atoms with E-state index in [-0.39, 0.29) is 17.5 Å². The lowest BCUT2D eigenvalue weighted by Gasteiger charge is -2.48. The van der Waals surface area contributed by atoms with Crippen molar-refractivity contribution in [1.29, 1.82) is 0 Å². The second-order valence-electron chi connectivity index (χ2n) is 7.20. The Labute approximate surface area is 137 Å². The second-order valence-corrected chi connectivity index (χ2v) is 7.20. The number of likely N-dealkylation sites (N-methyl/N-ethyl adjacent to an activating group) is 1. The smallest absolute Gasteiger partial charge is 0.263 e. The van der Waals surface area contributed by atoms with E-state index < -0.39 is 0 Å². The van der Waals surface area contributed by atoms with Gasteiger partial charge < -0.3 is 19.7 Å². The average Bonchev–Trinajstić information content (AvgIpc) is 2.45. The Morgan fingerprint density at radius 3 is 2.57 bits per heavy atom. The molecule has 1 amide bonds. The van der Waals surface area contributed by atoms with Crippen LogP contribution < -0.4 is 10.9 Å². The molecule has 1 aromatic rings. The molecule has 0 saturated carbocycles. The molecule has 3 unspecified atom stereocenters. The molecule has 3 fully saturated rings. The van der Waals surface area contributed by atoms with E-state index in [1.54, 1.807) is 10.8 Å². The fraction of sp³-hybridized carbons (Fsp3) is 0.647. The van der Waals surface area contributed by atoms with Crippen LogP contribution in [0.5, 0.6) is 0 Å². The van der Waals surface area contributed by atoms with Crippen LogP contribution in [0.4, 0.5) is 0 Å². The van der Waals surface area contributed by atoms with E-state index in [9.17, 15) is 9.59 Å². The maximum atomic E-state index is 12.9. The summed E-state index contributed by atoms with van der Waals surface area (Å²) in [6, 6.07) is 2.71. The summed E-state index contributed by atoms with van der Waals surface area (Å²) in [5.41, 5.74) is 0.927. The van der Waals surface area contributed by atoms with Crippen molar-refractivity contribution in [3.63, 3.8) is 0 Å². The van der Waals surface area contributed by atoms with E-state index in [4.69, 9.17) is 0 Å². The number of carbonyl (C=O) groups excluding carboxylic acids is 1. The van der Waals surface area contributed by atoms with Crippen molar-refractivity contribution >= 4 is 5.91 Å². The van der Waals surface area contributed by atoms with Crippen molar-refractivity contribution in [2.75, 3.05) is 33.7 Å². The van der Waals surface area contributed by atoms with Crippen LogP contribution in [-0.4, -0.2) is 66.1 Å². The summed E-state index contributed by atoms with van der Waals surface area (Å²) in [5.74, 6) is -0.116. The van der Waals surface area contributed by atoms with Crippen molar-refractivity contribution < 1.29 is 4.79 Å². The van der Waals surface area contributed by atoms with Crippen molar-refractivity contribution in [1.82, 2.24) is 19.7 Å². The van der Waals surface area contributed by atoms with Crippen LogP contribution >= 0.6 is 0 Å². The molecule has 126 valence electrons. The lowest BCUT2D eigenvalue weighted by molar-refractivity contribution is 0.0470. The molecule has 4 rings (SSSR count). The van der Waals surface area contributed by atoms with Gasteiger partial charge in [-0.3, -0.25) is 9.59 Å². The van der Waals surface area contributed by atoms with Crippen molar-refractivity contribution in [2.24, 2.45) is 0 Å². The van der Waals surface area contributed by atoms with Gasteiger partial charge in [0.2, 0.25) is 0 Å². The summed E-state index contributed by atoms with van der Waals surface area (Å²) in [4.78, 5) is 29.6. The molecule has 3 atom stereocenters. The molecule has 23 heavy (non-hydrogen) atoms. The minimum absolute atomic E-state index is 0.0288. The van der Waals surface area contributed by atoms with E-state index >= 15 is 0 Å². The number of hydrogen-bond acceptors (Lipinski definition) is 4. The Kier molecular flexibility index (Phi) is 4.29. The van der Waals surface area contributed by atoms with Crippen LogP contribution in [0.3, 0.4) is 0 Å². The van der Waals surface area contributed by atoms with Gasteiger partial charge in [-0.05, 0) is 46.0 Å². The van der Waals surface area contributed by atoms with E-state index in [0.717, 1.165) is 18.5 Å². The van der Waals surface area contributed by atoms with Gasteiger partial charge in [-0.2, -0.15) is 0 Å². The number of aromatic nitrogens is 1. The number of pyridine rings is 1. The predicted octanol–water partition coefficient (Wildman–Crippen LogP) is 0.466. The fourth-order valence-corrected chi connectivity index (χ4v) is 3.70. The lowest BCUT2D eigenvalue weighted by Crippen LogP contribution is -2.67. The van der Waals surface area contributed by atoms with Crippen LogP contribution in [0.15, 0.2) is 17.1 Å². The SMILES string of the molecule is Cc1ccn(C(C)CN(C)C)c(=O)c1C(=O)N1CC2CC(C1)N2. The molecule has 3 saturated heterocycles. The molecular weight excluding hydrogens is 292 g/mol. The van der Waals surface area contributed by atoms with Gasteiger partial charge in [0.25, 0.3) is 11.5 Å². The highest BCUT2D eigenvalue weighted by atomic mass is 16.2. The van der Waals surface area contributed by atoms with Crippen molar-refractivity contribution in [2.45, 2.75) is 38.4 Å². The Bertz CT molecular complexity index is 651. The zero-order valence-electron chi connectivity index (χ0n) is 14.4. The highest BCUT2D eigenvalue weighted by Crippen LogP contribution is 2.22. The number of piperidine rings is 1. The average molecular weight is 318 g/mol. The van der Waals surface area contributed by atoms with Gasteiger partial charge in [0.15, 0.2) is 0 Å². The molecule has 6 heteroatoms. The molecule has 1 aromatic heterocycles. The van der Waals surface area contributed by atoms with Gasteiger partial charge in [-0.1, -0.05) is 0 Å². The van der Waals surface area contributed by atoms with E-state index in [1.807, 2.05) is 43.8 Å². The number of aryl methyl sites for hydroxylation is 1. The summed E-state index contributed by atoms with van der Waals surface area (Å²) < 4.78 is 1.68. The molecule has 0 spiro atoms. The third-order valence-electron chi connectivity index (χ3n) is 4.86. The topological polar surface area (TPSA) is 57.6 Å². The molecule has 0 radical (unpaired) electrons. The number of fused-ring (bicyclic) bond motifs is 2. The first-order valence-electron chi connectivity index (χ1n) is 8.28. The highest BCUT2D eigenvalue weighted by molar-refractivity contribution is 5.95. The second kappa shape index (κ2) is 6.09. The Morgan fingerprint density at radius 2 is 2.00 bits per heavy atom. The number of nitrogens with zero attached hydrogens (tertiary/aromatic N) is 3. The first-order chi connectivity index (χ1) is 10.9. The summed E-state index contributed by atoms with van der Waals surface area (Å²) in [6.45, 7) is 6.02. The third-order valence-corrected chi connectivity index (χ3v) is 4.86. The maximum absolute atomic E-state index is 12.9. The Balaban J connectivity index is 1.89. The summed E-state index contributed by atoms with van der Waals surface area (Å²) in [7, 11) is 3.96. The molecule has 6 nitrogen and oxygen atoms in total. The van der Waals surface area contributed by atoms with Crippen molar-refractivity contribution in [3.8, 4) is 0 Å². The van der Waals surface area contributed by atoms with Crippen LogP contribution in [0, 0.1) is 6.92 Å². The number of nitrogens with one attached hydrogen (secondary N) is 1. The van der Waals surface area contributed by atoms with E-state index in [0.29, 0.717) is 30.7 Å². The standard InChI is InChI=1S/C17H26N4O2/c1-11-5-6-21(12(2)8-19(3)4)17(23)15(11)16(22)20-9-13-7-14(10-20)18-13/h5-6,12-14,18H,7-10H2,1-4H3. The van der Waals surface area contributed by atoms with Gasteiger partial charge in [-0.15, -0.1) is 0 Å². The van der Waals surface area contributed by atoms with Gasteiger partial charge in [-0.25, -0.2) is 0 Å². The van der Waals surface area contributed by atoms with Crippen LogP contribution in [0.25, 0.3) is 0 Å². The zero-order valence-corrected chi connectivity index (χ0v) is 14.4. The van der Waals surface area contributed by atoms with E-state index in [1.165, 1.54) is 0 Å². The molecule has 1 N–H and O–H groups in total. The molecule has 2 bridgehead atoms. The molecule has 3 aliphatic rings. The fourth-order valence-electron chi connectivity index (χ4n) is 3.70. The van der Waals surface area contributed by atoms with Gasteiger partial charge in [0, 0.05) is 44.0 Å². The highest BCUT2D eigenvalue weighted by Gasteiger charge is 2.39. The molecule has 4 heterocycles. The molecular formula is C17H26N4O2. The van der Waals surface area contributed by atoms with E-state index in [2.05, 4.69) is 5.32 Å². The third kappa shape index (κ3) is 3.05. The molecule has 0 aliphatic carbocycles. The van der Waals surface area contributed by atoms with Crippen LogP contribution in [-0.2, 0) is 0 Å². The monoisotopic (exact) mass is 318 g/mol. The first-order valence-corrected chi connectivity index (χ1v) is 8.28. The van der Waals surface area contributed by atoms with Crippen LogP contribution in [0.2, 0.25) is 0 Å². The summed E-state index contributed by atoms with van der Waals surface area (Å²) in [6.07, 6.45) is 2.94. The largest absolute Gasteiger partial charge is 0.335 e. The molecule has 0 aromatic carbocycles. The lowest BCUT2D eigenvalue weighted by atomic mass is 9.91. The number of carbonyl (C=O) groups is 1. The Hall–Kier alpha value is -1.66. The molecule has 3 aliphatic heterocycles. The summed E-state index contributed by atoms with van der Waals surface area (Å²) in [5, 5.41) is 3.41. The number of rotatable bonds is 4. The normalized spacial score (nSPS) is 24.5. The zero-order chi connectivity index (χ0) is 16.7. The van der Waals surface area contributed by atoms with Crippen LogP contribution in [0.1, 0.15) is 35.3 Å². The minimum atomic E-state index is -0.170. The number of hydrogen-bond donors (Lipinski definition) is 1. The van der Waals surface area contributed by atoms with Gasteiger partial charge >= 0.3 is 0 Å². The maximum Gasteiger partial charge on any atom is 0.263 e. The number of amides is 1. The van der Waals surface area contributed by atoms with Crippen molar-refractivity contribution in [3.05, 3.63) is 33.7 Å². The first kappa shape index (κ1) is 16.2. The predicted molar refractivity (Wildman–Crippen MR) is 89.9 cm³/mol. The summed E-state index contributed by atoms with van der Waals surface area (Å²) >= 11 is 0. The Morgan fingerprint density at radius 1 is 1.39 bits per heavy atom. The minimum Gasteiger partial charge on any atom is -0.335 e. The quantitative estimate of drug-likeness (QED) is 0.877.